The van der Waals surface area contributed by atoms with Crippen molar-refractivity contribution in [3.63, 3.8) is 0 Å². The fraction of sp³-hybridized carbons (Fsp3) is 0.625. The minimum Gasteiger partial charge on any atom is -0.377 e. The summed E-state index contributed by atoms with van der Waals surface area (Å²) in [6, 6.07) is 6.82. The van der Waals surface area contributed by atoms with Crippen molar-refractivity contribution in [2.75, 3.05) is 26.7 Å². The van der Waals surface area contributed by atoms with Crippen molar-refractivity contribution in [3.05, 3.63) is 35.6 Å². The summed E-state index contributed by atoms with van der Waals surface area (Å²) in [4.78, 5) is 2.40. The predicted octanol–water partition coefficient (Wildman–Crippen LogP) is 2.87. The number of likely N-dealkylation sites (tertiary alicyclic amines) is 1. The molecule has 1 aromatic carbocycles. The smallest absolute Gasteiger partial charge is 0.123 e. The largest absolute Gasteiger partial charge is 0.377 e. The molecule has 104 valence electrons. The van der Waals surface area contributed by atoms with E-state index in [9.17, 15) is 4.39 Å². The normalized spacial score (nSPS) is 26.9. The Bertz CT molecular complexity index is 423. The molecule has 0 N–H and O–H groups in total. The molecule has 1 atom stereocenters. The van der Waals surface area contributed by atoms with E-state index >= 15 is 0 Å². The average Bonchev–Trinajstić information content (AvgIpc) is 2.80. The summed E-state index contributed by atoms with van der Waals surface area (Å²) in [5, 5.41) is 0. The van der Waals surface area contributed by atoms with E-state index in [1.165, 1.54) is 43.6 Å². The van der Waals surface area contributed by atoms with Gasteiger partial charge in [-0.15, -0.1) is 0 Å². The van der Waals surface area contributed by atoms with E-state index in [1.807, 2.05) is 12.1 Å². The Balaban J connectivity index is 1.58. The first-order chi connectivity index (χ1) is 9.15. The van der Waals surface area contributed by atoms with Gasteiger partial charge >= 0.3 is 0 Å². The molecule has 0 amide bonds. The lowest BCUT2D eigenvalue weighted by Gasteiger charge is -2.36. The van der Waals surface area contributed by atoms with E-state index in [0.29, 0.717) is 11.5 Å². The van der Waals surface area contributed by atoms with Crippen molar-refractivity contribution in [2.45, 2.75) is 31.8 Å². The van der Waals surface area contributed by atoms with Crippen LogP contribution in [0.4, 0.5) is 4.39 Å². The molecule has 1 aromatic rings. The summed E-state index contributed by atoms with van der Waals surface area (Å²) in [5.41, 5.74) is 1.59. The Labute approximate surface area is 114 Å². The fourth-order valence-corrected chi connectivity index (χ4v) is 3.35. The van der Waals surface area contributed by atoms with Crippen LogP contribution in [-0.2, 0) is 11.2 Å². The van der Waals surface area contributed by atoms with Gasteiger partial charge in [-0.2, -0.15) is 0 Å². The standard InChI is InChI=1S/C16H22FNO/c1-18-8-6-16(7-9-18)11-15(19-12-16)10-13-2-4-14(17)5-3-13/h2-5,15H,6-12H2,1H3/t15-/m0/s1. The van der Waals surface area contributed by atoms with Gasteiger partial charge in [-0.3, -0.25) is 0 Å². The molecule has 2 aliphatic rings. The molecule has 3 heteroatoms. The molecule has 0 saturated carbocycles. The van der Waals surface area contributed by atoms with E-state index in [0.717, 1.165) is 19.4 Å². The zero-order valence-electron chi connectivity index (χ0n) is 11.6. The van der Waals surface area contributed by atoms with Crippen LogP contribution in [0.15, 0.2) is 24.3 Å². The Morgan fingerprint density at radius 3 is 2.63 bits per heavy atom. The molecule has 0 bridgehead atoms. The lowest BCUT2D eigenvalue weighted by atomic mass is 9.76. The zero-order chi connectivity index (χ0) is 13.3. The third-order valence-corrected chi connectivity index (χ3v) is 4.71. The molecule has 19 heavy (non-hydrogen) atoms. The van der Waals surface area contributed by atoms with Gasteiger partial charge in [0.1, 0.15) is 5.82 Å². The van der Waals surface area contributed by atoms with Crippen LogP contribution in [0.2, 0.25) is 0 Å². The quantitative estimate of drug-likeness (QED) is 0.813. The topological polar surface area (TPSA) is 12.5 Å². The average molecular weight is 263 g/mol. The molecule has 2 nitrogen and oxygen atoms in total. The third-order valence-electron chi connectivity index (χ3n) is 4.71. The summed E-state index contributed by atoms with van der Waals surface area (Å²) >= 11 is 0. The van der Waals surface area contributed by atoms with E-state index in [2.05, 4.69) is 11.9 Å². The number of rotatable bonds is 2. The van der Waals surface area contributed by atoms with Crippen LogP contribution in [-0.4, -0.2) is 37.7 Å². The second-order valence-corrected chi connectivity index (χ2v) is 6.27. The van der Waals surface area contributed by atoms with Crippen LogP contribution in [0.3, 0.4) is 0 Å². The lowest BCUT2D eigenvalue weighted by molar-refractivity contribution is 0.0714. The molecule has 0 unspecified atom stereocenters. The van der Waals surface area contributed by atoms with Crippen LogP contribution >= 0.6 is 0 Å². The maximum absolute atomic E-state index is 12.9. The number of benzene rings is 1. The number of piperidine rings is 1. The van der Waals surface area contributed by atoms with Gasteiger partial charge < -0.3 is 9.64 Å². The van der Waals surface area contributed by atoms with Crippen molar-refractivity contribution < 1.29 is 9.13 Å². The number of ether oxygens (including phenoxy) is 1. The second kappa shape index (κ2) is 5.22. The van der Waals surface area contributed by atoms with Gasteiger partial charge in [0.05, 0.1) is 12.7 Å². The first-order valence-corrected chi connectivity index (χ1v) is 7.20. The Kier molecular flexibility index (Phi) is 3.59. The first-order valence-electron chi connectivity index (χ1n) is 7.20. The van der Waals surface area contributed by atoms with Crippen LogP contribution in [0, 0.1) is 11.2 Å². The molecule has 0 aliphatic carbocycles. The summed E-state index contributed by atoms with van der Waals surface area (Å²) in [7, 11) is 2.19. The number of halogens is 1. The highest BCUT2D eigenvalue weighted by Crippen LogP contribution is 2.42. The van der Waals surface area contributed by atoms with Gasteiger partial charge in [0.2, 0.25) is 0 Å². The monoisotopic (exact) mass is 263 g/mol. The highest BCUT2D eigenvalue weighted by molar-refractivity contribution is 5.17. The third kappa shape index (κ3) is 2.98. The minimum absolute atomic E-state index is 0.164. The van der Waals surface area contributed by atoms with Gasteiger partial charge in [-0.1, -0.05) is 12.1 Å². The van der Waals surface area contributed by atoms with Gasteiger partial charge in [0, 0.05) is 0 Å². The fourth-order valence-electron chi connectivity index (χ4n) is 3.35. The van der Waals surface area contributed by atoms with Crippen LogP contribution in [0.5, 0.6) is 0 Å². The highest BCUT2D eigenvalue weighted by Gasteiger charge is 2.41. The van der Waals surface area contributed by atoms with Gasteiger partial charge in [0.15, 0.2) is 0 Å². The molecular formula is C16H22FNO. The molecule has 3 rings (SSSR count). The predicted molar refractivity (Wildman–Crippen MR) is 73.6 cm³/mol. The number of hydrogen-bond acceptors (Lipinski definition) is 2. The van der Waals surface area contributed by atoms with E-state index in [4.69, 9.17) is 4.74 Å². The molecule has 0 aromatic heterocycles. The molecular weight excluding hydrogens is 241 g/mol. The number of nitrogens with zero attached hydrogens (tertiary/aromatic N) is 1. The highest BCUT2D eigenvalue weighted by atomic mass is 19.1. The Hall–Kier alpha value is -0.930. The lowest BCUT2D eigenvalue weighted by Crippen LogP contribution is -2.38. The van der Waals surface area contributed by atoms with Crippen molar-refractivity contribution in [1.82, 2.24) is 4.90 Å². The summed E-state index contributed by atoms with van der Waals surface area (Å²) < 4.78 is 18.9. The SMILES string of the molecule is CN1CCC2(CC1)CO[C@@H](Cc1ccc(F)cc1)C2. The Morgan fingerprint density at radius 2 is 1.95 bits per heavy atom. The van der Waals surface area contributed by atoms with Crippen molar-refractivity contribution in [1.29, 1.82) is 0 Å². The van der Waals surface area contributed by atoms with Gasteiger partial charge in [0.25, 0.3) is 0 Å². The van der Waals surface area contributed by atoms with Crippen LogP contribution in [0.1, 0.15) is 24.8 Å². The van der Waals surface area contributed by atoms with Gasteiger partial charge in [-0.25, -0.2) is 4.39 Å². The molecule has 1 spiro atoms. The summed E-state index contributed by atoms with van der Waals surface area (Å²) in [6.07, 6.45) is 4.90. The van der Waals surface area contributed by atoms with Gasteiger partial charge in [-0.05, 0) is 68.9 Å². The summed E-state index contributed by atoms with van der Waals surface area (Å²) in [5.74, 6) is -0.164. The molecule has 0 radical (unpaired) electrons. The van der Waals surface area contributed by atoms with Crippen LogP contribution in [0.25, 0.3) is 0 Å². The maximum Gasteiger partial charge on any atom is 0.123 e. The second-order valence-electron chi connectivity index (χ2n) is 6.27. The Morgan fingerprint density at radius 1 is 1.26 bits per heavy atom. The number of hydrogen-bond donors (Lipinski definition) is 0. The molecule has 2 aliphatic heterocycles. The van der Waals surface area contributed by atoms with E-state index < -0.39 is 0 Å². The van der Waals surface area contributed by atoms with Crippen molar-refractivity contribution >= 4 is 0 Å². The van der Waals surface area contributed by atoms with E-state index in [-0.39, 0.29) is 5.82 Å². The molecule has 2 fully saturated rings. The van der Waals surface area contributed by atoms with E-state index in [1.54, 1.807) is 0 Å². The van der Waals surface area contributed by atoms with Crippen molar-refractivity contribution in [3.8, 4) is 0 Å². The van der Waals surface area contributed by atoms with Crippen molar-refractivity contribution in [2.24, 2.45) is 5.41 Å². The molecule has 2 saturated heterocycles. The van der Waals surface area contributed by atoms with Crippen LogP contribution < -0.4 is 0 Å². The zero-order valence-corrected chi connectivity index (χ0v) is 11.6. The molecule has 2 heterocycles. The summed E-state index contributed by atoms with van der Waals surface area (Å²) in [6.45, 7) is 3.28. The first kappa shape index (κ1) is 13.1. The minimum atomic E-state index is -0.164. The maximum atomic E-state index is 12.9.